The van der Waals surface area contributed by atoms with E-state index in [2.05, 4.69) is 13.0 Å². The summed E-state index contributed by atoms with van der Waals surface area (Å²) in [5.74, 6) is -0.817. The predicted octanol–water partition coefficient (Wildman–Crippen LogP) is 6.45. The summed E-state index contributed by atoms with van der Waals surface area (Å²) >= 11 is 0. The van der Waals surface area contributed by atoms with Crippen molar-refractivity contribution >= 4 is 54.1 Å². The molecule has 0 radical (unpaired) electrons. The van der Waals surface area contributed by atoms with Crippen molar-refractivity contribution in [1.82, 2.24) is 0 Å². The Kier molecular flexibility index (Phi) is 17.3. The van der Waals surface area contributed by atoms with Crippen LogP contribution in [0, 0.1) is 6.92 Å². The molecule has 224 valence electrons. The van der Waals surface area contributed by atoms with E-state index in [4.69, 9.17) is 26.3 Å². The number of nitrogen functional groups attached to an aromatic ring is 3. The number of hydrogen-bond acceptors (Lipinski definition) is 8. The number of aryl methyl sites for hydroxylation is 1. The first kappa shape index (κ1) is 38.6. The van der Waals surface area contributed by atoms with Gasteiger partial charge >= 0.3 is 0 Å². The fourth-order valence-electron chi connectivity index (χ4n) is 3.02. The Hall–Kier alpha value is -3.58. The van der Waals surface area contributed by atoms with Gasteiger partial charge in [0.05, 0.1) is 11.1 Å². The van der Waals surface area contributed by atoms with Crippen molar-refractivity contribution in [3.05, 3.63) is 65.8 Å². The van der Waals surface area contributed by atoms with Gasteiger partial charge in [0.15, 0.2) is 0 Å². The molecule has 0 saturated carbocycles. The van der Waals surface area contributed by atoms with Gasteiger partial charge in [0.25, 0.3) is 20.2 Å². The number of nitrogens with two attached hydrogens (primary N) is 3. The van der Waals surface area contributed by atoms with E-state index >= 15 is 0 Å². The number of phenolic OH excluding ortho intramolecular Hbond substituents is 1. The Morgan fingerprint density at radius 3 is 1.62 bits per heavy atom. The lowest BCUT2D eigenvalue weighted by atomic mass is 10.1. The van der Waals surface area contributed by atoms with E-state index in [1.807, 2.05) is 84.9 Å². The van der Waals surface area contributed by atoms with Crippen LogP contribution in [0.3, 0.4) is 0 Å². The third kappa shape index (κ3) is 10.9. The maximum Gasteiger partial charge on any atom is 0.296 e. The van der Waals surface area contributed by atoms with Crippen molar-refractivity contribution in [3.63, 3.8) is 0 Å². The van der Waals surface area contributed by atoms with Gasteiger partial charge in [-0.15, -0.1) is 0 Å². The van der Waals surface area contributed by atoms with Crippen LogP contribution < -0.4 is 17.2 Å². The topological polar surface area (TPSA) is 207 Å². The summed E-state index contributed by atoms with van der Waals surface area (Å²) in [5.41, 5.74) is 19.2. The van der Waals surface area contributed by atoms with E-state index in [0.717, 1.165) is 23.4 Å². The first-order valence-corrected chi connectivity index (χ1v) is 15.3. The number of rotatable bonds is 3. The van der Waals surface area contributed by atoms with Gasteiger partial charge in [0, 0.05) is 16.8 Å². The molecule has 9 N–H and O–H groups in total. The van der Waals surface area contributed by atoms with Gasteiger partial charge in [-0.25, -0.2) is 0 Å². The molecule has 3 aromatic carbocycles. The molecule has 0 aliphatic carbocycles. The lowest BCUT2D eigenvalue weighted by Crippen LogP contribution is -2.06. The lowest BCUT2D eigenvalue weighted by Gasteiger charge is -2.12. The highest BCUT2D eigenvalue weighted by atomic mass is 32.2. The van der Waals surface area contributed by atoms with Crippen LogP contribution in [0.4, 0.5) is 17.1 Å². The molecule has 0 saturated heterocycles. The zero-order chi connectivity index (χ0) is 31.8. The molecular weight excluding hydrogens is 554 g/mol. The fraction of sp³-hybridized carbons (Fsp3) is 0.286. The zero-order valence-corrected chi connectivity index (χ0v) is 25.9. The number of benzene rings is 3. The second-order valence-electron chi connectivity index (χ2n) is 7.41. The van der Waals surface area contributed by atoms with E-state index in [1.54, 1.807) is 0 Å². The second kappa shape index (κ2) is 17.9. The Morgan fingerprint density at radius 1 is 0.725 bits per heavy atom. The predicted molar refractivity (Wildman–Crippen MR) is 168 cm³/mol. The van der Waals surface area contributed by atoms with Crippen molar-refractivity contribution in [1.29, 1.82) is 0 Å². The van der Waals surface area contributed by atoms with Crippen molar-refractivity contribution in [2.24, 2.45) is 0 Å². The van der Waals surface area contributed by atoms with Crippen molar-refractivity contribution in [2.45, 2.75) is 65.2 Å². The standard InChI is InChI=1S/C10H10N2O7S2.C10H13N.C4H8.2C2H6/c11-5-1-2-6(20(14,15)16)4-3-7(21(17,18)19)9(12)10(13)8(4)5;1-3-5-9-8(2)6-4-7-10(9)11;1-3-4-2;2*1-2/h1-3,13H,11-12H2,(H,14,15,16)(H,17,18,19);3-7H,11H2,1-2H3;3-4H,1-2H3;2*1-2H3/b;5-3-;4-3+;;. The first-order valence-electron chi connectivity index (χ1n) is 12.4. The summed E-state index contributed by atoms with van der Waals surface area (Å²) in [6.07, 6.45) is 8.03. The van der Waals surface area contributed by atoms with E-state index in [0.29, 0.717) is 6.07 Å². The van der Waals surface area contributed by atoms with Gasteiger partial charge in [-0.2, -0.15) is 16.8 Å². The summed E-state index contributed by atoms with van der Waals surface area (Å²) in [6, 6.07) is 8.68. The zero-order valence-electron chi connectivity index (χ0n) is 24.3. The lowest BCUT2D eigenvalue weighted by molar-refractivity contribution is 0.473. The van der Waals surface area contributed by atoms with Gasteiger partial charge in [-0.3, -0.25) is 9.11 Å². The highest BCUT2D eigenvalue weighted by Crippen LogP contribution is 2.41. The summed E-state index contributed by atoms with van der Waals surface area (Å²) in [4.78, 5) is -1.59. The number of fused-ring (bicyclic) bond motifs is 1. The SMILES string of the molecule is C/C=C/C.C/C=C\c1c(C)cccc1N.CC.CC.Nc1c(S(=O)(=O)O)cc2c(S(=O)(=O)O)ccc(N)c2c1O. The monoisotopic (exact) mass is 597 g/mol. The van der Waals surface area contributed by atoms with Crippen LogP contribution >= 0.6 is 0 Å². The molecule has 0 aliphatic heterocycles. The van der Waals surface area contributed by atoms with Gasteiger partial charge < -0.3 is 22.3 Å². The van der Waals surface area contributed by atoms with Crippen LogP contribution in [0.2, 0.25) is 0 Å². The van der Waals surface area contributed by atoms with Crippen molar-refractivity contribution in [2.75, 3.05) is 17.2 Å². The van der Waals surface area contributed by atoms with E-state index in [1.165, 1.54) is 5.56 Å². The van der Waals surface area contributed by atoms with Crippen LogP contribution in [-0.4, -0.2) is 31.0 Å². The normalized spacial score (nSPS) is 10.8. The quantitative estimate of drug-likeness (QED) is 0.0841. The number of aromatic hydroxyl groups is 1. The molecule has 0 heterocycles. The summed E-state index contributed by atoms with van der Waals surface area (Å²) in [7, 11) is -9.55. The van der Waals surface area contributed by atoms with Crippen LogP contribution in [-0.2, 0) is 20.2 Å². The Labute approximate surface area is 238 Å². The van der Waals surface area contributed by atoms with E-state index in [-0.39, 0.29) is 11.1 Å². The molecule has 0 unspecified atom stereocenters. The third-order valence-electron chi connectivity index (χ3n) is 4.85. The van der Waals surface area contributed by atoms with Crippen LogP contribution in [0.25, 0.3) is 16.8 Å². The van der Waals surface area contributed by atoms with Gasteiger partial charge in [-0.05, 0) is 63.1 Å². The number of allylic oxidation sites excluding steroid dienone is 3. The van der Waals surface area contributed by atoms with Gasteiger partial charge in [0.1, 0.15) is 15.5 Å². The van der Waals surface area contributed by atoms with Gasteiger partial charge in [0.2, 0.25) is 0 Å². The van der Waals surface area contributed by atoms with E-state index < -0.39 is 46.9 Å². The minimum atomic E-state index is -4.82. The molecule has 0 aliphatic rings. The van der Waals surface area contributed by atoms with Crippen LogP contribution in [0.5, 0.6) is 5.75 Å². The molecule has 40 heavy (non-hydrogen) atoms. The largest absolute Gasteiger partial charge is 0.505 e. The smallest absolute Gasteiger partial charge is 0.296 e. The molecule has 3 rings (SSSR count). The van der Waals surface area contributed by atoms with Crippen LogP contribution in [0.15, 0.2) is 64.4 Å². The molecule has 12 heteroatoms. The molecule has 0 fully saturated rings. The molecule has 0 bridgehead atoms. The average molecular weight is 598 g/mol. The number of phenols is 1. The molecule has 0 amide bonds. The summed E-state index contributed by atoms with van der Waals surface area (Å²) in [5, 5.41) is 9.27. The highest BCUT2D eigenvalue weighted by molar-refractivity contribution is 7.86. The highest BCUT2D eigenvalue weighted by Gasteiger charge is 2.24. The van der Waals surface area contributed by atoms with Crippen molar-refractivity contribution < 1.29 is 31.0 Å². The third-order valence-corrected chi connectivity index (χ3v) is 6.66. The van der Waals surface area contributed by atoms with Crippen LogP contribution in [0.1, 0.15) is 59.6 Å². The maximum atomic E-state index is 11.3. The average Bonchev–Trinajstić information content (AvgIpc) is 2.90. The molecule has 0 aromatic heterocycles. The van der Waals surface area contributed by atoms with Crippen molar-refractivity contribution in [3.8, 4) is 5.75 Å². The molecular formula is C28H43N3O7S2. The number of hydrogen-bond donors (Lipinski definition) is 6. The Morgan fingerprint density at radius 2 is 1.23 bits per heavy atom. The minimum Gasteiger partial charge on any atom is -0.505 e. The summed E-state index contributed by atoms with van der Waals surface area (Å²) < 4.78 is 63.2. The fourth-order valence-corrected chi connectivity index (χ4v) is 4.34. The van der Waals surface area contributed by atoms with Gasteiger partial charge in [-0.1, -0.05) is 64.1 Å². The minimum absolute atomic E-state index is 0.0940. The second-order valence-corrected chi connectivity index (χ2v) is 10.2. The molecule has 0 spiro atoms. The molecule has 0 atom stereocenters. The summed E-state index contributed by atoms with van der Waals surface area (Å²) in [6.45, 7) is 16.1. The Balaban J connectivity index is 0. The number of anilines is 3. The Bertz CT molecular complexity index is 1490. The first-order chi connectivity index (χ1) is 18.6. The maximum absolute atomic E-state index is 11.3. The molecule has 3 aromatic rings. The van der Waals surface area contributed by atoms with E-state index in [9.17, 15) is 21.9 Å². The molecule has 10 nitrogen and oxygen atoms in total.